The number of hydrogen-bond acceptors (Lipinski definition) is 3. The van der Waals surface area contributed by atoms with Gasteiger partial charge in [-0.1, -0.05) is 36.4 Å². The summed E-state index contributed by atoms with van der Waals surface area (Å²) in [5, 5.41) is 7.74. The van der Waals surface area contributed by atoms with Crippen molar-refractivity contribution >= 4 is 5.90 Å². The van der Waals surface area contributed by atoms with Crippen molar-refractivity contribution in [2.75, 3.05) is 6.61 Å². The lowest BCUT2D eigenvalue weighted by Gasteiger charge is -2.09. The van der Waals surface area contributed by atoms with Crippen molar-refractivity contribution in [2.24, 2.45) is 0 Å². The van der Waals surface area contributed by atoms with Crippen LogP contribution in [0.3, 0.4) is 0 Å². The Morgan fingerprint density at radius 2 is 1.84 bits per heavy atom. The highest BCUT2D eigenvalue weighted by Gasteiger charge is 2.03. The minimum Gasteiger partial charge on any atom is -0.489 e. The van der Waals surface area contributed by atoms with Crippen molar-refractivity contribution < 1.29 is 9.47 Å². The predicted octanol–water partition coefficient (Wildman–Crippen LogP) is 3.63. The normalized spacial score (nSPS) is 9.95. The molecule has 0 amide bonds. The summed E-state index contributed by atoms with van der Waals surface area (Å²) in [6.45, 7) is 2.88. The highest BCUT2D eigenvalue weighted by molar-refractivity contribution is 5.91. The monoisotopic (exact) mass is 255 g/mol. The molecule has 1 N–H and O–H groups in total. The molecule has 0 aliphatic heterocycles. The van der Waals surface area contributed by atoms with Gasteiger partial charge < -0.3 is 9.47 Å². The van der Waals surface area contributed by atoms with Gasteiger partial charge in [0.2, 0.25) is 5.90 Å². The Kier molecular flexibility index (Phi) is 4.56. The van der Waals surface area contributed by atoms with Crippen LogP contribution in [0.15, 0.2) is 54.6 Å². The quantitative estimate of drug-likeness (QED) is 0.655. The third-order valence-corrected chi connectivity index (χ3v) is 2.63. The Morgan fingerprint density at radius 3 is 2.58 bits per heavy atom. The Labute approximate surface area is 113 Å². The van der Waals surface area contributed by atoms with E-state index in [9.17, 15) is 0 Å². The average Bonchev–Trinajstić information content (AvgIpc) is 2.47. The second-order valence-electron chi connectivity index (χ2n) is 4.06. The van der Waals surface area contributed by atoms with Gasteiger partial charge in [0.1, 0.15) is 12.4 Å². The Balaban J connectivity index is 2.01. The van der Waals surface area contributed by atoms with Crippen molar-refractivity contribution in [3.8, 4) is 5.75 Å². The third-order valence-electron chi connectivity index (χ3n) is 2.63. The van der Waals surface area contributed by atoms with Gasteiger partial charge in [-0.25, -0.2) is 0 Å². The van der Waals surface area contributed by atoms with Crippen LogP contribution in [0.1, 0.15) is 18.1 Å². The average molecular weight is 255 g/mol. The zero-order valence-electron chi connectivity index (χ0n) is 10.9. The van der Waals surface area contributed by atoms with Crippen LogP contribution >= 0.6 is 0 Å². The molecule has 0 saturated heterocycles. The van der Waals surface area contributed by atoms with Crippen molar-refractivity contribution in [3.05, 3.63) is 65.7 Å². The minimum absolute atomic E-state index is 0.174. The molecule has 2 aromatic carbocycles. The second kappa shape index (κ2) is 6.59. The molecule has 3 heteroatoms. The zero-order valence-corrected chi connectivity index (χ0v) is 10.9. The molecule has 2 rings (SSSR count). The SMILES string of the molecule is CCOC(=N)c1cccc(OCc2ccccc2)c1. The fourth-order valence-corrected chi connectivity index (χ4v) is 1.70. The molecule has 98 valence electrons. The lowest BCUT2D eigenvalue weighted by atomic mass is 10.2. The summed E-state index contributed by atoms with van der Waals surface area (Å²) in [6.07, 6.45) is 0. The molecular weight excluding hydrogens is 238 g/mol. The summed E-state index contributed by atoms with van der Waals surface area (Å²) >= 11 is 0. The summed E-state index contributed by atoms with van der Waals surface area (Å²) in [4.78, 5) is 0. The van der Waals surface area contributed by atoms with Gasteiger partial charge in [0, 0.05) is 5.56 Å². The van der Waals surface area contributed by atoms with E-state index in [1.54, 1.807) is 0 Å². The second-order valence-corrected chi connectivity index (χ2v) is 4.06. The molecule has 19 heavy (non-hydrogen) atoms. The number of rotatable bonds is 5. The summed E-state index contributed by atoms with van der Waals surface area (Å²) in [7, 11) is 0. The third kappa shape index (κ3) is 3.85. The van der Waals surface area contributed by atoms with Gasteiger partial charge in [-0.05, 0) is 30.7 Å². The highest BCUT2D eigenvalue weighted by atomic mass is 16.5. The number of ether oxygens (including phenoxy) is 2. The molecule has 2 aromatic rings. The van der Waals surface area contributed by atoms with Crippen LogP contribution in [0.2, 0.25) is 0 Å². The number of hydrogen-bond donors (Lipinski definition) is 1. The van der Waals surface area contributed by atoms with Gasteiger partial charge in [0.25, 0.3) is 0 Å². The standard InChI is InChI=1S/C16H17NO2/c1-2-18-16(17)14-9-6-10-15(11-14)19-12-13-7-4-3-5-8-13/h3-11,17H,2,12H2,1H3. The smallest absolute Gasteiger partial charge is 0.213 e. The molecule has 0 aromatic heterocycles. The van der Waals surface area contributed by atoms with Crippen LogP contribution in [0, 0.1) is 5.41 Å². The maximum atomic E-state index is 7.74. The summed E-state index contributed by atoms with van der Waals surface area (Å²) in [6, 6.07) is 17.4. The first-order valence-corrected chi connectivity index (χ1v) is 6.28. The van der Waals surface area contributed by atoms with Crippen molar-refractivity contribution in [1.29, 1.82) is 5.41 Å². The fourth-order valence-electron chi connectivity index (χ4n) is 1.70. The van der Waals surface area contributed by atoms with Crippen molar-refractivity contribution in [1.82, 2.24) is 0 Å². The van der Waals surface area contributed by atoms with Gasteiger partial charge in [0.15, 0.2) is 0 Å². The van der Waals surface area contributed by atoms with E-state index < -0.39 is 0 Å². The number of nitrogens with one attached hydrogen (secondary N) is 1. The maximum absolute atomic E-state index is 7.74. The zero-order chi connectivity index (χ0) is 13.5. The summed E-state index contributed by atoms with van der Waals surface area (Å²) in [5.74, 6) is 0.915. The van der Waals surface area contributed by atoms with Crippen LogP contribution < -0.4 is 4.74 Å². The Morgan fingerprint density at radius 1 is 1.05 bits per heavy atom. The fraction of sp³-hybridized carbons (Fsp3) is 0.188. The molecule has 0 aliphatic rings. The van der Waals surface area contributed by atoms with Crippen LogP contribution in [0.4, 0.5) is 0 Å². The first-order chi connectivity index (χ1) is 9.29. The van der Waals surface area contributed by atoms with Crippen LogP contribution in [-0.2, 0) is 11.3 Å². The molecule has 3 nitrogen and oxygen atoms in total. The molecule has 0 bridgehead atoms. The topological polar surface area (TPSA) is 42.3 Å². The molecule has 0 fully saturated rings. The van der Waals surface area contributed by atoms with E-state index in [4.69, 9.17) is 14.9 Å². The Hall–Kier alpha value is -2.29. The van der Waals surface area contributed by atoms with Gasteiger partial charge in [-0.2, -0.15) is 0 Å². The molecule has 0 aliphatic carbocycles. The molecule has 0 heterocycles. The molecular formula is C16H17NO2. The van der Waals surface area contributed by atoms with E-state index in [0.29, 0.717) is 13.2 Å². The van der Waals surface area contributed by atoms with E-state index in [0.717, 1.165) is 16.9 Å². The minimum atomic E-state index is 0.174. The maximum Gasteiger partial charge on any atom is 0.213 e. The molecule has 0 radical (unpaired) electrons. The van der Waals surface area contributed by atoms with Crippen LogP contribution in [-0.4, -0.2) is 12.5 Å². The van der Waals surface area contributed by atoms with Crippen LogP contribution in [0.25, 0.3) is 0 Å². The molecule has 0 spiro atoms. The van der Waals surface area contributed by atoms with E-state index in [1.807, 2.05) is 61.5 Å². The molecule has 0 saturated carbocycles. The van der Waals surface area contributed by atoms with Crippen LogP contribution in [0.5, 0.6) is 5.75 Å². The first-order valence-electron chi connectivity index (χ1n) is 6.28. The van der Waals surface area contributed by atoms with E-state index in [2.05, 4.69) is 0 Å². The Bertz CT molecular complexity index is 537. The lowest BCUT2D eigenvalue weighted by Crippen LogP contribution is -2.05. The van der Waals surface area contributed by atoms with Gasteiger partial charge in [-0.15, -0.1) is 0 Å². The largest absolute Gasteiger partial charge is 0.489 e. The van der Waals surface area contributed by atoms with E-state index in [1.165, 1.54) is 0 Å². The van der Waals surface area contributed by atoms with Gasteiger partial charge in [-0.3, -0.25) is 5.41 Å². The first kappa shape index (κ1) is 13.1. The van der Waals surface area contributed by atoms with Crippen molar-refractivity contribution in [3.63, 3.8) is 0 Å². The van der Waals surface area contributed by atoms with Gasteiger partial charge >= 0.3 is 0 Å². The summed E-state index contributed by atoms with van der Waals surface area (Å²) < 4.78 is 10.9. The molecule has 0 unspecified atom stereocenters. The van der Waals surface area contributed by atoms with E-state index >= 15 is 0 Å². The van der Waals surface area contributed by atoms with E-state index in [-0.39, 0.29) is 5.90 Å². The predicted molar refractivity (Wildman–Crippen MR) is 75.7 cm³/mol. The molecule has 0 atom stereocenters. The highest BCUT2D eigenvalue weighted by Crippen LogP contribution is 2.15. The van der Waals surface area contributed by atoms with Gasteiger partial charge in [0.05, 0.1) is 6.61 Å². The lowest BCUT2D eigenvalue weighted by molar-refractivity contribution is 0.305. The van der Waals surface area contributed by atoms with Crippen molar-refractivity contribution in [2.45, 2.75) is 13.5 Å². The number of benzene rings is 2. The summed E-state index contributed by atoms with van der Waals surface area (Å²) in [5.41, 5.74) is 1.85.